The van der Waals surface area contributed by atoms with E-state index in [0.717, 1.165) is 35.1 Å². The molecule has 0 bridgehead atoms. The van der Waals surface area contributed by atoms with Gasteiger partial charge in [-0.05, 0) is 61.1 Å². The van der Waals surface area contributed by atoms with Crippen molar-refractivity contribution in [1.29, 1.82) is 0 Å². The van der Waals surface area contributed by atoms with Crippen LogP contribution in [-0.4, -0.2) is 27.0 Å². The van der Waals surface area contributed by atoms with Crippen molar-refractivity contribution in [2.45, 2.75) is 38.1 Å². The largest absolute Gasteiger partial charge is 0.494 e. The third kappa shape index (κ3) is 4.21. The van der Waals surface area contributed by atoms with Gasteiger partial charge >= 0.3 is 0 Å². The van der Waals surface area contributed by atoms with E-state index in [1.165, 1.54) is 5.56 Å². The zero-order valence-corrected chi connectivity index (χ0v) is 18.1. The number of carbonyl (C=O) groups excluding carboxylic acids is 1. The molecule has 0 radical (unpaired) electrons. The van der Waals surface area contributed by atoms with Gasteiger partial charge in [0.1, 0.15) is 5.75 Å². The van der Waals surface area contributed by atoms with Crippen LogP contribution in [0.25, 0.3) is 10.9 Å². The number of anilines is 1. The summed E-state index contributed by atoms with van der Waals surface area (Å²) in [6.45, 7) is 2.69. The highest BCUT2D eigenvalue weighted by Gasteiger charge is 2.33. The van der Waals surface area contributed by atoms with Gasteiger partial charge in [-0.3, -0.25) is 9.78 Å². The summed E-state index contributed by atoms with van der Waals surface area (Å²) in [7, 11) is 0. The minimum absolute atomic E-state index is 0.0735. The van der Waals surface area contributed by atoms with Crippen LogP contribution in [0, 0.1) is 0 Å². The molecule has 6 heteroatoms. The first kappa shape index (κ1) is 20.2. The molecule has 0 atom stereocenters. The van der Waals surface area contributed by atoms with Crippen LogP contribution in [0.3, 0.4) is 0 Å². The quantitative estimate of drug-likeness (QED) is 0.445. The number of rotatable bonds is 7. The normalized spacial score (nSPS) is 17.7. The lowest BCUT2D eigenvalue weighted by molar-refractivity contribution is -0.115. The number of nitrogens with one attached hydrogen (secondary N) is 1. The summed E-state index contributed by atoms with van der Waals surface area (Å²) in [5, 5.41) is 3.96. The van der Waals surface area contributed by atoms with E-state index in [-0.39, 0.29) is 5.91 Å². The van der Waals surface area contributed by atoms with Gasteiger partial charge in [-0.1, -0.05) is 30.3 Å². The van der Waals surface area contributed by atoms with Crippen molar-refractivity contribution in [3.05, 3.63) is 84.4 Å². The average Bonchev–Trinajstić information content (AvgIpc) is 3.21. The molecule has 4 aromatic rings. The molecule has 2 aromatic heterocycles. The van der Waals surface area contributed by atoms with Gasteiger partial charge in [0.05, 0.1) is 24.9 Å². The van der Waals surface area contributed by atoms with Gasteiger partial charge in [0, 0.05) is 23.8 Å². The number of carbonyl (C=O) groups is 1. The van der Waals surface area contributed by atoms with Crippen LogP contribution in [-0.2, 0) is 11.2 Å². The highest BCUT2D eigenvalue weighted by atomic mass is 16.5. The van der Waals surface area contributed by atoms with E-state index in [9.17, 15) is 4.79 Å². The molecule has 1 saturated carbocycles. The molecule has 0 aliphatic heterocycles. The Morgan fingerprint density at radius 2 is 2.00 bits per heavy atom. The predicted molar refractivity (Wildman–Crippen MR) is 125 cm³/mol. The SMILES string of the molecule is CCOc1ccccc1[C@H]1C[C@@H](n2cnc(NC(=O)Cc3ccc4ncccc4c3)c2)C1. The third-order valence-electron chi connectivity index (χ3n) is 6.09. The highest BCUT2D eigenvalue weighted by Crippen LogP contribution is 2.47. The number of hydrogen-bond acceptors (Lipinski definition) is 4. The molecule has 1 aliphatic rings. The lowest BCUT2D eigenvalue weighted by Crippen LogP contribution is -2.25. The second kappa shape index (κ2) is 8.83. The van der Waals surface area contributed by atoms with E-state index >= 15 is 0 Å². The van der Waals surface area contributed by atoms with Crippen LogP contribution >= 0.6 is 0 Å². The minimum atomic E-state index is -0.0735. The van der Waals surface area contributed by atoms with Crippen LogP contribution in [0.5, 0.6) is 5.75 Å². The third-order valence-corrected chi connectivity index (χ3v) is 6.09. The van der Waals surface area contributed by atoms with E-state index in [4.69, 9.17) is 4.74 Å². The van der Waals surface area contributed by atoms with Gasteiger partial charge in [-0.25, -0.2) is 4.98 Å². The molecular weight excluding hydrogens is 400 g/mol. The molecule has 1 fully saturated rings. The number of imidazole rings is 1. The van der Waals surface area contributed by atoms with Gasteiger partial charge < -0.3 is 14.6 Å². The second-order valence-electron chi connectivity index (χ2n) is 8.25. The molecule has 6 nitrogen and oxygen atoms in total. The van der Waals surface area contributed by atoms with E-state index in [2.05, 4.69) is 32.0 Å². The van der Waals surface area contributed by atoms with Crippen molar-refractivity contribution in [3.63, 3.8) is 0 Å². The van der Waals surface area contributed by atoms with Crippen LogP contribution in [0.1, 0.15) is 42.9 Å². The summed E-state index contributed by atoms with van der Waals surface area (Å²) in [4.78, 5) is 21.2. The molecule has 1 aliphatic carbocycles. The Labute approximate surface area is 187 Å². The number of nitrogens with zero attached hydrogens (tertiary/aromatic N) is 3. The summed E-state index contributed by atoms with van der Waals surface area (Å²) in [6.07, 6.45) is 7.90. The van der Waals surface area contributed by atoms with Crippen molar-refractivity contribution in [2.24, 2.45) is 0 Å². The number of aromatic nitrogens is 3. The zero-order chi connectivity index (χ0) is 21.9. The van der Waals surface area contributed by atoms with Crippen LogP contribution in [0.15, 0.2) is 73.3 Å². The smallest absolute Gasteiger partial charge is 0.229 e. The first-order chi connectivity index (χ1) is 15.7. The van der Waals surface area contributed by atoms with Crippen LogP contribution in [0.4, 0.5) is 5.82 Å². The van der Waals surface area contributed by atoms with Gasteiger partial charge in [-0.2, -0.15) is 0 Å². The number of fused-ring (bicyclic) bond motifs is 1. The minimum Gasteiger partial charge on any atom is -0.494 e. The van der Waals surface area contributed by atoms with Crippen molar-refractivity contribution in [2.75, 3.05) is 11.9 Å². The standard InChI is InChI=1S/C26H26N4O2/c1-2-32-24-8-4-3-7-22(24)20-14-21(15-20)30-16-25(28-17-30)29-26(31)13-18-9-10-23-19(12-18)6-5-11-27-23/h3-12,16-17,20-21H,2,13-15H2,1H3,(H,29,31)/t20-,21+. The molecule has 5 rings (SSSR count). The maximum absolute atomic E-state index is 12.5. The monoisotopic (exact) mass is 426 g/mol. The Balaban J connectivity index is 1.18. The molecule has 32 heavy (non-hydrogen) atoms. The zero-order valence-electron chi connectivity index (χ0n) is 18.1. The summed E-state index contributed by atoms with van der Waals surface area (Å²) in [5.41, 5.74) is 3.17. The van der Waals surface area contributed by atoms with E-state index in [0.29, 0.717) is 30.8 Å². The van der Waals surface area contributed by atoms with Crippen LogP contribution in [0.2, 0.25) is 0 Å². The lowest BCUT2D eigenvalue weighted by Gasteiger charge is -2.37. The predicted octanol–water partition coefficient (Wildman–Crippen LogP) is 5.13. The fourth-order valence-corrected chi connectivity index (χ4v) is 4.40. The first-order valence-corrected chi connectivity index (χ1v) is 11.1. The lowest BCUT2D eigenvalue weighted by atomic mass is 9.75. The summed E-state index contributed by atoms with van der Waals surface area (Å²) in [6, 6.07) is 18.5. The number of para-hydroxylation sites is 1. The number of amides is 1. The maximum Gasteiger partial charge on any atom is 0.229 e. The van der Waals surface area contributed by atoms with Gasteiger partial charge in [-0.15, -0.1) is 0 Å². The topological polar surface area (TPSA) is 69.0 Å². The fourth-order valence-electron chi connectivity index (χ4n) is 4.40. The summed E-state index contributed by atoms with van der Waals surface area (Å²) < 4.78 is 7.89. The number of hydrogen-bond donors (Lipinski definition) is 1. The molecule has 0 unspecified atom stereocenters. The van der Waals surface area contributed by atoms with Gasteiger partial charge in [0.25, 0.3) is 0 Å². The number of pyridine rings is 1. The molecule has 2 heterocycles. The van der Waals surface area contributed by atoms with Gasteiger partial charge in [0.15, 0.2) is 5.82 Å². The Morgan fingerprint density at radius 1 is 1.12 bits per heavy atom. The molecule has 2 aromatic carbocycles. The Bertz CT molecular complexity index is 1240. The van der Waals surface area contributed by atoms with E-state index in [1.54, 1.807) is 6.20 Å². The molecule has 0 saturated heterocycles. The van der Waals surface area contributed by atoms with E-state index in [1.807, 2.05) is 61.9 Å². The van der Waals surface area contributed by atoms with Crippen molar-refractivity contribution < 1.29 is 9.53 Å². The highest BCUT2D eigenvalue weighted by molar-refractivity contribution is 5.92. The fraction of sp³-hybridized carbons (Fsp3) is 0.269. The molecule has 162 valence electrons. The van der Waals surface area contributed by atoms with E-state index < -0.39 is 0 Å². The van der Waals surface area contributed by atoms with Crippen LogP contribution < -0.4 is 10.1 Å². The Hall–Kier alpha value is -3.67. The maximum atomic E-state index is 12.5. The molecule has 1 N–H and O–H groups in total. The summed E-state index contributed by atoms with van der Waals surface area (Å²) >= 11 is 0. The Morgan fingerprint density at radius 3 is 2.88 bits per heavy atom. The summed E-state index contributed by atoms with van der Waals surface area (Å²) in [5.74, 6) is 2.00. The van der Waals surface area contributed by atoms with Crippen molar-refractivity contribution in [1.82, 2.24) is 14.5 Å². The molecule has 1 amide bonds. The van der Waals surface area contributed by atoms with Crippen molar-refractivity contribution >= 4 is 22.6 Å². The first-order valence-electron chi connectivity index (χ1n) is 11.1. The Kier molecular flexibility index (Phi) is 5.58. The van der Waals surface area contributed by atoms with Gasteiger partial charge in [0.2, 0.25) is 5.91 Å². The average molecular weight is 427 g/mol. The molecular formula is C26H26N4O2. The number of ether oxygens (including phenoxy) is 1. The number of benzene rings is 2. The molecule has 0 spiro atoms. The second-order valence-corrected chi connectivity index (χ2v) is 8.25. The van der Waals surface area contributed by atoms with Crippen molar-refractivity contribution in [3.8, 4) is 5.75 Å².